The van der Waals surface area contributed by atoms with Crippen molar-refractivity contribution >= 4 is 32.7 Å². The highest BCUT2D eigenvalue weighted by Gasteiger charge is 2.18. The predicted molar refractivity (Wildman–Crippen MR) is 95.2 cm³/mol. The highest BCUT2D eigenvalue weighted by atomic mass is 79.9. The highest BCUT2D eigenvalue weighted by Crippen LogP contribution is 2.25. The van der Waals surface area contributed by atoms with E-state index in [1.807, 2.05) is 30.3 Å². The molecule has 1 aliphatic heterocycles. The second-order valence-electron chi connectivity index (χ2n) is 5.91. The van der Waals surface area contributed by atoms with Gasteiger partial charge in [-0.2, -0.15) is 0 Å². The fraction of sp³-hybridized carbons (Fsp3) is 0.412. The van der Waals surface area contributed by atoms with Gasteiger partial charge in [-0.15, -0.1) is 0 Å². The van der Waals surface area contributed by atoms with Crippen molar-refractivity contribution in [2.75, 3.05) is 39.8 Å². The van der Waals surface area contributed by atoms with E-state index in [1.165, 1.54) is 0 Å². The molecule has 1 saturated heterocycles. The number of hydrogen-bond acceptors (Lipinski definition) is 4. The summed E-state index contributed by atoms with van der Waals surface area (Å²) >= 11 is 3.57. The smallest absolute Gasteiger partial charge is 0.236 e. The number of nitrogens with zero attached hydrogens (tertiary/aromatic N) is 3. The van der Waals surface area contributed by atoms with Gasteiger partial charge in [0.15, 0.2) is 0 Å². The summed E-state index contributed by atoms with van der Waals surface area (Å²) in [6.45, 7) is 4.52. The molecule has 122 valence electrons. The number of carbonyl (C=O) groups is 1. The third kappa shape index (κ3) is 3.88. The molecule has 1 aromatic heterocycles. The lowest BCUT2D eigenvalue weighted by Crippen LogP contribution is -2.49. The molecule has 6 heteroatoms. The van der Waals surface area contributed by atoms with E-state index >= 15 is 0 Å². The largest absolute Gasteiger partial charge is 0.339 e. The average molecular weight is 377 g/mol. The molecule has 5 nitrogen and oxygen atoms in total. The van der Waals surface area contributed by atoms with Gasteiger partial charge in [0.05, 0.1) is 12.1 Å². The van der Waals surface area contributed by atoms with Gasteiger partial charge in [-0.05, 0) is 24.7 Å². The van der Waals surface area contributed by atoms with Crippen LogP contribution in [0.1, 0.15) is 5.56 Å². The molecule has 1 aliphatic rings. The van der Waals surface area contributed by atoms with Crippen molar-refractivity contribution in [1.82, 2.24) is 20.1 Å². The minimum absolute atomic E-state index is 0.198. The van der Waals surface area contributed by atoms with Crippen LogP contribution in [0.4, 0.5) is 0 Å². The summed E-state index contributed by atoms with van der Waals surface area (Å²) in [7, 11) is 1.98. The Labute approximate surface area is 144 Å². The van der Waals surface area contributed by atoms with Crippen LogP contribution < -0.4 is 5.32 Å². The van der Waals surface area contributed by atoms with Crippen LogP contribution in [0.2, 0.25) is 0 Å². The normalized spacial score (nSPS) is 15.3. The first kappa shape index (κ1) is 16.4. The lowest BCUT2D eigenvalue weighted by atomic mass is 10.1. The third-order valence-corrected chi connectivity index (χ3v) is 4.81. The first-order valence-corrected chi connectivity index (χ1v) is 8.63. The Morgan fingerprint density at radius 2 is 2.13 bits per heavy atom. The number of aromatic nitrogens is 1. The molecule has 0 atom stereocenters. The zero-order chi connectivity index (χ0) is 16.2. The Morgan fingerprint density at radius 1 is 1.35 bits per heavy atom. The molecule has 0 spiro atoms. The number of rotatable bonds is 4. The van der Waals surface area contributed by atoms with E-state index in [-0.39, 0.29) is 5.91 Å². The molecule has 3 rings (SSSR count). The summed E-state index contributed by atoms with van der Waals surface area (Å²) in [5.74, 6) is 0.198. The molecular weight excluding hydrogens is 356 g/mol. The summed E-state index contributed by atoms with van der Waals surface area (Å²) < 4.78 is 1.05. The number of likely N-dealkylation sites (N-methyl/N-ethyl adjacent to an activating group) is 1. The van der Waals surface area contributed by atoms with Crippen LogP contribution in [0, 0.1) is 0 Å². The second kappa shape index (κ2) is 7.38. The van der Waals surface area contributed by atoms with Crippen molar-refractivity contribution in [3.63, 3.8) is 0 Å². The molecule has 0 bridgehead atoms. The van der Waals surface area contributed by atoms with Crippen LogP contribution >= 0.6 is 15.9 Å². The first-order chi connectivity index (χ1) is 11.1. The molecule has 2 aromatic rings. The quantitative estimate of drug-likeness (QED) is 0.884. The molecule has 1 aromatic carbocycles. The molecule has 1 amide bonds. The highest BCUT2D eigenvalue weighted by molar-refractivity contribution is 9.10. The Bertz CT molecular complexity index is 700. The Kier molecular flexibility index (Phi) is 5.25. The van der Waals surface area contributed by atoms with E-state index in [2.05, 4.69) is 43.3 Å². The van der Waals surface area contributed by atoms with Crippen molar-refractivity contribution in [1.29, 1.82) is 0 Å². The van der Waals surface area contributed by atoms with Gasteiger partial charge in [-0.1, -0.05) is 28.1 Å². The number of amides is 1. The Balaban J connectivity index is 1.69. The van der Waals surface area contributed by atoms with E-state index in [4.69, 9.17) is 0 Å². The van der Waals surface area contributed by atoms with Gasteiger partial charge in [-0.3, -0.25) is 14.7 Å². The Hall–Kier alpha value is -1.50. The molecular formula is C17H21BrN4O. The number of fused-ring (bicyclic) bond motifs is 1. The van der Waals surface area contributed by atoms with Crippen LogP contribution in [-0.4, -0.2) is 60.5 Å². The second-order valence-corrected chi connectivity index (χ2v) is 6.76. The van der Waals surface area contributed by atoms with Crippen LogP contribution in [0.25, 0.3) is 10.9 Å². The number of pyridine rings is 1. The zero-order valence-electron chi connectivity index (χ0n) is 13.3. The minimum Gasteiger partial charge on any atom is -0.339 e. The van der Waals surface area contributed by atoms with Gasteiger partial charge in [0, 0.05) is 48.8 Å². The van der Waals surface area contributed by atoms with Gasteiger partial charge in [0.2, 0.25) is 5.91 Å². The Morgan fingerprint density at radius 3 is 2.91 bits per heavy atom. The van der Waals surface area contributed by atoms with Crippen molar-refractivity contribution in [3.8, 4) is 0 Å². The van der Waals surface area contributed by atoms with Crippen molar-refractivity contribution in [2.24, 2.45) is 0 Å². The van der Waals surface area contributed by atoms with E-state index < -0.39 is 0 Å². The van der Waals surface area contributed by atoms with Crippen LogP contribution in [-0.2, 0) is 11.3 Å². The number of carbonyl (C=O) groups excluding carboxylic acids is 1. The molecule has 23 heavy (non-hydrogen) atoms. The number of hydrogen-bond donors (Lipinski definition) is 1. The molecule has 0 radical (unpaired) electrons. The van der Waals surface area contributed by atoms with Crippen molar-refractivity contribution in [3.05, 3.63) is 40.5 Å². The van der Waals surface area contributed by atoms with Crippen molar-refractivity contribution in [2.45, 2.75) is 6.54 Å². The van der Waals surface area contributed by atoms with Gasteiger partial charge in [-0.25, -0.2) is 0 Å². The number of piperazine rings is 1. The van der Waals surface area contributed by atoms with Crippen LogP contribution in [0.3, 0.4) is 0 Å². The van der Waals surface area contributed by atoms with Crippen molar-refractivity contribution < 1.29 is 4.79 Å². The maximum absolute atomic E-state index is 12.3. The number of benzene rings is 1. The first-order valence-electron chi connectivity index (χ1n) is 7.84. The molecule has 1 fully saturated rings. The lowest BCUT2D eigenvalue weighted by Gasteiger charge is -2.29. The summed E-state index contributed by atoms with van der Waals surface area (Å²) in [5, 5.41) is 4.37. The summed E-state index contributed by atoms with van der Waals surface area (Å²) in [6.07, 6.45) is 1.81. The minimum atomic E-state index is 0.198. The molecule has 2 heterocycles. The standard InChI is InChI=1S/C17H21BrN4O/c1-21(12-16(23)22-9-7-19-8-10-22)11-13-4-5-15(18)14-3-2-6-20-17(13)14/h2-6,19H,7-12H2,1H3. The third-order valence-electron chi connectivity index (χ3n) is 4.12. The maximum atomic E-state index is 12.3. The van der Waals surface area contributed by atoms with Gasteiger partial charge in [0.1, 0.15) is 0 Å². The van der Waals surface area contributed by atoms with E-state index in [0.29, 0.717) is 13.1 Å². The van der Waals surface area contributed by atoms with E-state index in [9.17, 15) is 4.79 Å². The maximum Gasteiger partial charge on any atom is 0.236 e. The van der Waals surface area contributed by atoms with Gasteiger partial charge >= 0.3 is 0 Å². The number of nitrogens with one attached hydrogen (secondary N) is 1. The fourth-order valence-electron chi connectivity index (χ4n) is 2.92. The monoisotopic (exact) mass is 376 g/mol. The summed E-state index contributed by atoms with van der Waals surface area (Å²) in [4.78, 5) is 20.8. The SMILES string of the molecule is CN(CC(=O)N1CCNCC1)Cc1ccc(Br)c2cccnc12. The van der Waals surface area contributed by atoms with Crippen LogP contribution in [0.5, 0.6) is 0 Å². The average Bonchev–Trinajstić information content (AvgIpc) is 2.58. The molecule has 0 unspecified atom stereocenters. The predicted octanol–water partition coefficient (Wildman–Crippen LogP) is 1.86. The molecule has 0 saturated carbocycles. The van der Waals surface area contributed by atoms with E-state index in [1.54, 1.807) is 0 Å². The molecule has 0 aliphatic carbocycles. The fourth-order valence-corrected chi connectivity index (χ4v) is 3.37. The summed E-state index contributed by atoms with van der Waals surface area (Å²) in [6, 6.07) is 8.12. The number of halogens is 1. The summed E-state index contributed by atoms with van der Waals surface area (Å²) in [5.41, 5.74) is 2.13. The lowest BCUT2D eigenvalue weighted by molar-refractivity contribution is -0.132. The zero-order valence-corrected chi connectivity index (χ0v) is 14.8. The van der Waals surface area contributed by atoms with E-state index in [0.717, 1.165) is 47.1 Å². The van der Waals surface area contributed by atoms with Gasteiger partial charge < -0.3 is 10.2 Å². The van der Waals surface area contributed by atoms with Crippen LogP contribution in [0.15, 0.2) is 34.9 Å². The topological polar surface area (TPSA) is 48.5 Å². The molecule has 1 N–H and O–H groups in total. The van der Waals surface area contributed by atoms with Gasteiger partial charge in [0.25, 0.3) is 0 Å².